The number of fused-ring (bicyclic) bond motifs is 1. The number of carbonyl (C=O) groups excluding carboxylic acids is 2. The lowest BCUT2D eigenvalue weighted by molar-refractivity contribution is -0.136. The van der Waals surface area contributed by atoms with Crippen LogP contribution < -0.4 is 21.1 Å². The quantitative estimate of drug-likeness (QED) is 0.00800. The van der Waals surface area contributed by atoms with E-state index in [1.165, 1.54) is 4.31 Å². The van der Waals surface area contributed by atoms with Gasteiger partial charge in [-0.05, 0) is 86.5 Å². The van der Waals surface area contributed by atoms with Gasteiger partial charge in [-0.3, -0.25) is 14.6 Å². The second-order valence-electron chi connectivity index (χ2n) is 22.0. The minimum atomic E-state index is -3.65. The number of carbonyl (C=O) groups is 2. The Balaban J connectivity index is 0.754. The van der Waals surface area contributed by atoms with Crippen molar-refractivity contribution < 1.29 is 87.7 Å². The first-order chi connectivity index (χ1) is 46.1. The van der Waals surface area contributed by atoms with Gasteiger partial charge in [-0.1, -0.05) is 37.3 Å². The number of anilines is 1. The number of nitrogens with one attached hydrogen (secondary N) is 2. The number of aliphatic imine (C=N–C) groups is 2. The molecule has 2 heterocycles. The van der Waals surface area contributed by atoms with Crippen LogP contribution in [0.3, 0.4) is 0 Å². The molecule has 0 unspecified atom stereocenters. The van der Waals surface area contributed by atoms with Gasteiger partial charge in [-0.15, -0.1) is 0 Å². The van der Waals surface area contributed by atoms with E-state index in [2.05, 4.69) is 26.3 Å². The average Bonchev–Trinajstić information content (AvgIpc) is 1.17. The van der Waals surface area contributed by atoms with Crippen molar-refractivity contribution in [2.24, 2.45) is 21.6 Å². The number of hydrogen-bond donors (Lipinski definition) is 3. The van der Waals surface area contributed by atoms with Gasteiger partial charge in [0.2, 0.25) is 33.3 Å². The predicted octanol–water partition coefficient (Wildman–Crippen LogP) is 6.59. The van der Waals surface area contributed by atoms with Gasteiger partial charge >= 0.3 is 5.97 Å². The van der Waals surface area contributed by atoms with Crippen molar-refractivity contribution in [3.05, 3.63) is 113 Å². The molecule has 1 amide bonds. The number of ether oxygens (including phenoxy) is 11. The Kier molecular flexibility index (Phi) is 35.0. The van der Waals surface area contributed by atoms with E-state index in [0.29, 0.717) is 192 Å². The number of halogens is 4. The number of nitriles is 1. The number of rotatable bonds is 47. The molecule has 24 nitrogen and oxygen atoms in total. The van der Waals surface area contributed by atoms with Crippen LogP contribution in [-0.2, 0) is 67.0 Å². The summed E-state index contributed by atoms with van der Waals surface area (Å²) in [5.41, 5.74) is 11.0. The second-order valence-corrected chi connectivity index (χ2v) is 23.9. The molecule has 0 atom stereocenters. The SMILES string of the molecule is CCCN(CCCN=C(NCCOCCOCCOCCOCCOCCOCCOCCOCCOCCOCCC(=O)Oc1c(F)c(F)cc(F)c1F)Nc1cccc(C#N)c1)C(=O)C1=Cc2ccc(-c3cccc(S(=O)(=O)N4CC(CN(C)C)C4)c3)cc2N=C(N)C1. The molecule has 2 aliphatic rings. The van der Waals surface area contributed by atoms with Crippen LogP contribution in [0.15, 0.2) is 93.2 Å². The highest BCUT2D eigenvalue weighted by atomic mass is 32.2. The van der Waals surface area contributed by atoms with Crippen molar-refractivity contribution in [2.75, 3.05) is 197 Å². The van der Waals surface area contributed by atoms with Crippen LogP contribution in [-0.4, -0.2) is 238 Å². The molecule has 6 rings (SSSR count). The lowest BCUT2D eigenvalue weighted by Crippen LogP contribution is -2.52. The molecule has 522 valence electrons. The Morgan fingerprint density at radius 3 is 1.78 bits per heavy atom. The van der Waals surface area contributed by atoms with Crippen molar-refractivity contribution in [3.63, 3.8) is 0 Å². The van der Waals surface area contributed by atoms with Gasteiger partial charge in [0.05, 0.1) is 161 Å². The van der Waals surface area contributed by atoms with Crippen molar-refractivity contribution >= 4 is 51.1 Å². The molecule has 0 bridgehead atoms. The molecule has 0 radical (unpaired) electrons. The molecule has 4 aromatic rings. The molecule has 0 aromatic heterocycles. The van der Waals surface area contributed by atoms with Crippen molar-refractivity contribution in [3.8, 4) is 22.9 Å². The molecule has 0 spiro atoms. The van der Waals surface area contributed by atoms with Crippen LogP contribution in [0.4, 0.5) is 28.9 Å². The maximum absolute atomic E-state index is 14.2. The van der Waals surface area contributed by atoms with Gasteiger partial charge in [-0.25, -0.2) is 22.2 Å². The number of sulfonamides is 1. The molecule has 4 aromatic carbocycles. The number of hydrogen-bond acceptors (Lipinski definition) is 20. The van der Waals surface area contributed by atoms with Crippen LogP contribution in [0.25, 0.3) is 17.2 Å². The van der Waals surface area contributed by atoms with Crippen molar-refractivity contribution in [1.82, 2.24) is 19.4 Å². The van der Waals surface area contributed by atoms with Crippen LogP contribution in [0.2, 0.25) is 0 Å². The first-order valence-electron chi connectivity index (χ1n) is 31.6. The molecule has 1 fully saturated rings. The summed E-state index contributed by atoms with van der Waals surface area (Å²) in [4.78, 5) is 39.6. The lowest BCUT2D eigenvalue weighted by atomic mass is 10.0. The zero-order valence-electron chi connectivity index (χ0n) is 54.3. The van der Waals surface area contributed by atoms with Gasteiger partial charge in [0.15, 0.2) is 17.6 Å². The summed E-state index contributed by atoms with van der Waals surface area (Å²) >= 11 is 0. The minimum Gasteiger partial charge on any atom is -0.420 e. The number of nitrogens with two attached hydrogens (primary N) is 1. The van der Waals surface area contributed by atoms with E-state index in [9.17, 15) is 40.8 Å². The number of guanidine groups is 1. The van der Waals surface area contributed by atoms with Crippen molar-refractivity contribution in [1.29, 1.82) is 5.26 Å². The molecule has 4 N–H and O–H groups in total. The zero-order chi connectivity index (χ0) is 68.1. The molecule has 29 heteroatoms. The third kappa shape index (κ3) is 27.9. The summed E-state index contributed by atoms with van der Waals surface area (Å²) in [7, 11) is 0.316. The number of amides is 1. The fraction of sp³-hybridized carbons (Fsp3) is 0.530. The van der Waals surface area contributed by atoms with Gasteiger partial charge in [0.1, 0.15) is 5.84 Å². The normalized spacial score (nSPS) is 13.6. The fourth-order valence-corrected chi connectivity index (χ4v) is 11.1. The Morgan fingerprint density at radius 2 is 1.23 bits per heavy atom. The number of nitrogens with zero attached hydrogens (tertiary/aromatic N) is 6. The number of amidine groups is 1. The summed E-state index contributed by atoms with van der Waals surface area (Å²) in [5, 5.41) is 16.1. The van der Waals surface area contributed by atoms with Crippen LogP contribution in [0.5, 0.6) is 5.75 Å². The van der Waals surface area contributed by atoms with E-state index in [1.807, 2.05) is 62.3 Å². The molecule has 0 saturated carbocycles. The molecular formula is C66H89F4N9O15S. The Hall–Kier alpha value is -7.02. The van der Waals surface area contributed by atoms with E-state index in [4.69, 9.17) is 63.1 Å². The Bertz CT molecular complexity index is 3240. The number of esters is 1. The highest BCUT2D eigenvalue weighted by Crippen LogP contribution is 2.34. The van der Waals surface area contributed by atoms with Crippen molar-refractivity contribution in [2.45, 2.75) is 37.5 Å². The summed E-state index contributed by atoms with van der Waals surface area (Å²) < 4.78 is 142. The Labute approximate surface area is 553 Å². The van der Waals surface area contributed by atoms with E-state index >= 15 is 0 Å². The topological polar surface area (TPSA) is 278 Å². The van der Waals surface area contributed by atoms with Gasteiger partial charge in [0, 0.05) is 75.1 Å². The lowest BCUT2D eigenvalue weighted by Gasteiger charge is -2.39. The van der Waals surface area contributed by atoms with Gasteiger partial charge in [0.25, 0.3) is 0 Å². The zero-order valence-corrected chi connectivity index (χ0v) is 55.1. The third-order valence-electron chi connectivity index (χ3n) is 14.1. The van der Waals surface area contributed by atoms with E-state index in [0.717, 1.165) is 29.7 Å². The average molecular weight is 1360 g/mol. The highest BCUT2D eigenvalue weighted by Gasteiger charge is 2.37. The summed E-state index contributed by atoms with van der Waals surface area (Å²) in [6.07, 6.45) is 2.90. The maximum atomic E-state index is 14.2. The van der Waals surface area contributed by atoms with Gasteiger partial charge < -0.3 is 78.3 Å². The van der Waals surface area contributed by atoms with Crippen LogP contribution in [0.1, 0.15) is 43.7 Å². The maximum Gasteiger partial charge on any atom is 0.313 e. The largest absolute Gasteiger partial charge is 0.420 e. The number of benzene rings is 4. The molecule has 0 aliphatic carbocycles. The molecule has 2 aliphatic heterocycles. The first-order valence-corrected chi connectivity index (χ1v) is 33.1. The fourth-order valence-electron chi connectivity index (χ4n) is 9.51. The second kappa shape index (κ2) is 43.2. The third-order valence-corrected chi connectivity index (χ3v) is 16.0. The summed E-state index contributed by atoms with van der Waals surface area (Å²) in [5.74, 6) is -8.61. The summed E-state index contributed by atoms with van der Waals surface area (Å²) in [6.45, 7) is 12.2. The van der Waals surface area contributed by atoms with E-state index in [-0.39, 0.29) is 49.7 Å². The Morgan fingerprint density at radius 1 is 0.695 bits per heavy atom. The van der Waals surface area contributed by atoms with Gasteiger partial charge in [-0.2, -0.15) is 18.3 Å². The first kappa shape index (κ1) is 77.0. The van der Waals surface area contributed by atoms with E-state index in [1.54, 1.807) is 36.4 Å². The predicted molar refractivity (Wildman–Crippen MR) is 348 cm³/mol. The minimum absolute atomic E-state index is 0.0135. The summed E-state index contributed by atoms with van der Waals surface area (Å²) in [6, 6.07) is 21.9. The van der Waals surface area contributed by atoms with E-state index < -0.39 is 51.4 Å². The standard InChI is InChI=1S/C66H89F4N9O15S/c1-4-17-78(65(81)54-40-53-13-12-52(42-59(53)76-60(72)43-54)51-9-6-11-56(41-51)95(82,83)79-47-50(48-79)46-77(2)3)18-7-15-73-66(75-55-10-5-8-49(39-55)45-71)74-16-20-85-22-24-87-26-28-89-30-32-91-34-36-93-38-37-92-35-33-90-31-29-88-27-25-86-23-21-84-19-14-61(80)94-64-62(69)57(67)44-58(68)63(64)70/h5-6,8-13,39-42,44,50H,4,7,14-38,43,46-48H2,1-3H3,(H2,72,76)(H2,73,74,75). The molecular weight excluding hydrogens is 1270 g/mol. The molecule has 95 heavy (non-hydrogen) atoms. The van der Waals surface area contributed by atoms with Crippen LogP contribution >= 0.6 is 0 Å². The smallest absolute Gasteiger partial charge is 0.313 e. The molecule has 1 saturated heterocycles. The highest BCUT2D eigenvalue weighted by molar-refractivity contribution is 7.89. The van der Waals surface area contributed by atoms with Crippen LogP contribution in [0, 0.1) is 40.5 Å². The monoisotopic (exact) mass is 1360 g/mol.